The summed E-state index contributed by atoms with van der Waals surface area (Å²) in [5, 5.41) is 0.653. The second kappa shape index (κ2) is 9.28. The molecule has 0 radical (unpaired) electrons. The first kappa shape index (κ1) is 21.8. The third kappa shape index (κ3) is 5.18. The number of halogens is 1. The summed E-state index contributed by atoms with van der Waals surface area (Å²) in [6.45, 7) is 5.73. The lowest BCUT2D eigenvalue weighted by atomic mass is 9.96. The van der Waals surface area contributed by atoms with E-state index in [1.807, 2.05) is 43.0 Å². The van der Waals surface area contributed by atoms with Crippen LogP contribution in [-0.2, 0) is 21.4 Å². The minimum Gasteiger partial charge on any atom is -0.338 e. The van der Waals surface area contributed by atoms with Gasteiger partial charge in [-0.1, -0.05) is 41.4 Å². The number of hydrogen-bond donors (Lipinski definition) is 0. The van der Waals surface area contributed by atoms with Gasteiger partial charge in [-0.3, -0.25) is 4.79 Å². The Morgan fingerprint density at radius 2 is 1.79 bits per heavy atom. The molecule has 0 unspecified atom stereocenters. The van der Waals surface area contributed by atoms with Gasteiger partial charge in [0.25, 0.3) is 0 Å². The van der Waals surface area contributed by atoms with Gasteiger partial charge in [-0.15, -0.1) is 0 Å². The van der Waals surface area contributed by atoms with Gasteiger partial charge in [0.15, 0.2) is 0 Å². The van der Waals surface area contributed by atoms with Gasteiger partial charge in [-0.05, 0) is 56.5 Å². The van der Waals surface area contributed by atoms with E-state index in [1.165, 1.54) is 4.31 Å². The lowest BCUT2D eigenvalue weighted by molar-refractivity contribution is -0.137. The van der Waals surface area contributed by atoms with Crippen LogP contribution in [0.2, 0.25) is 5.02 Å². The highest BCUT2D eigenvalue weighted by Gasteiger charge is 2.33. The largest absolute Gasteiger partial charge is 0.338 e. The van der Waals surface area contributed by atoms with Crippen LogP contribution in [0.5, 0.6) is 0 Å². The predicted octanol–water partition coefficient (Wildman–Crippen LogP) is 4.10. The molecule has 1 saturated heterocycles. The first-order chi connectivity index (χ1) is 13.8. The van der Waals surface area contributed by atoms with E-state index in [1.54, 1.807) is 24.3 Å². The highest BCUT2D eigenvalue weighted by Crippen LogP contribution is 2.26. The zero-order valence-electron chi connectivity index (χ0n) is 16.8. The highest BCUT2D eigenvalue weighted by atomic mass is 35.5. The fourth-order valence-corrected chi connectivity index (χ4v) is 5.34. The number of hydrogen-bond acceptors (Lipinski definition) is 3. The minimum absolute atomic E-state index is 0.0832. The Bertz CT molecular complexity index is 952. The van der Waals surface area contributed by atoms with E-state index in [4.69, 9.17) is 11.6 Å². The SMILES string of the molecule is CCN(Cc1cccc(Cl)c1)C(=O)C1CCN(S(=O)(=O)c2ccc(C)cc2)CC1. The molecule has 0 spiro atoms. The number of piperidine rings is 1. The molecule has 0 N–H and O–H groups in total. The van der Waals surface area contributed by atoms with Gasteiger partial charge in [-0.25, -0.2) is 8.42 Å². The number of benzene rings is 2. The maximum Gasteiger partial charge on any atom is 0.243 e. The Kier molecular flexibility index (Phi) is 6.98. The quantitative estimate of drug-likeness (QED) is 0.687. The van der Waals surface area contributed by atoms with Gasteiger partial charge in [0.1, 0.15) is 0 Å². The van der Waals surface area contributed by atoms with Crippen LogP contribution in [0.15, 0.2) is 53.4 Å². The molecule has 2 aromatic carbocycles. The molecule has 0 aliphatic carbocycles. The molecule has 156 valence electrons. The smallest absolute Gasteiger partial charge is 0.243 e. The van der Waals surface area contributed by atoms with Gasteiger partial charge in [0.2, 0.25) is 15.9 Å². The number of sulfonamides is 1. The third-order valence-corrected chi connectivity index (χ3v) is 7.57. The van der Waals surface area contributed by atoms with Crippen molar-refractivity contribution in [2.75, 3.05) is 19.6 Å². The van der Waals surface area contributed by atoms with Gasteiger partial charge >= 0.3 is 0 Å². The normalized spacial score (nSPS) is 16.0. The molecule has 1 amide bonds. The number of carbonyl (C=O) groups is 1. The van der Waals surface area contributed by atoms with Crippen LogP contribution in [0.4, 0.5) is 0 Å². The average Bonchev–Trinajstić information content (AvgIpc) is 2.72. The number of carbonyl (C=O) groups excluding carboxylic acids is 1. The maximum absolute atomic E-state index is 13.0. The topological polar surface area (TPSA) is 57.7 Å². The van der Waals surface area contributed by atoms with Crippen molar-refractivity contribution in [2.45, 2.75) is 38.1 Å². The highest BCUT2D eigenvalue weighted by molar-refractivity contribution is 7.89. The number of aryl methyl sites for hydroxylation is 1. The summed E-state index contributed by atoms with van der Waals surface area (Å²) in [6.07, 6.45) is 1.08. The van der Waals surface area contributed by atoms with Gasteiger partial charge < -0.3 is 4.90 Å². The van der Waals surface area contributed by atoms with E-state index in [0.29, 0.717) is 48.9 Å². The molecule has 29 heavy (non-hydrogen) atoms. The van der Waals surface area contributed by atoms with Gasteiger partial charge in [-0.2, -0.15) is 4.31 Å². The molecule has 0 saturated carbocycles. The molecule has 1 aliphatic heterocycles. The summed E-state index contributed by atoms with van der Waals surface area (Å²) in [5.74, 6) is -0.0709. The molecule has 5 nitrogen and oxygen atoms in total. The van der Waals surface area contributed by atoms with E-state index >= 15 is 0 Å². The lowest BCUT2D eigenvalue weighted by Gasteiger charge is -2.33. The van der Waals surface area contributed by atoms with Crippen molar-refractivity contribution in [3.8, 4) is 0 Å². The van der Waals surface area contributed by atoms with Crippen LogP contribution in [0.3, 0.4) is 0 Å². The number of amides is 1. The molecule has 3 rings (SSSR count). The molecule has 1 aliphatic rings. The molecular formula is C22H27ClN2O3S. The Morgan fingerprint density at radius 3 is 2.38 bits per heavy atom. The van der Waals surface area contributed by atoms with Crippen molar-refractivity contribution in [1.29, 1.82) is 0 Å². The molecule has 0 bridgehead atoms. The molecular weight excluding hydrogens is 408 g/mol. The monoisotopic (exact) mass is 434 g/mol. The minimum atomic E-state index is -3.51. The van der Waals surface area contributed by atoms with E-state index in [0.717, 1.165) is 11.1 Å². The molecule has 0 aromatic heterocycles. The maximum atomic E-state index is 13.0. The fraction of sp³-hybridized carbons (Fsp3) is 0.409. The summed E-state index contributed by atoms with van der Waals surface area (Å²) in [6, 6.07) is 14.4. The summed E-state index contributed by atoms with van der Waals surface area (Å²) in [5.41, 5.74) is 2.01. The predicted molar refractivity (Wildman–Crippen MR) is 115 cm³/mol. The van der Waals surface area contributed by atoms with Crippen LogP contribution in [0, 0.1) is 12.8 Å². The Morgan fingerprint density at radius 1 is 1.14 bits per heavy atom. The zero-order chi connectivity index (χ0) is 21.0. The van der Waals surface area contributed by atoms with Crippen molar-refractivity contribution in [1.82, 2.24) is 9.21 Å². The first-order valence-electron chi connectivity index (χ1n) is 9.91. The van der Waals surface area contributed by atoms with Crippen LogP contribution in [0.25, 0.3) is 0 Å². The Hall–Kier alpha value is -1.89. The Balaban J connectivity index is 1.63. The van der Waals surface area contributed by atoms with Crippen molar-refractivity contribution in [2.24, 2.45) is 5.92 Å². The Labute approximate surface area is 178 Å². The number of nitrogens with zero attached hydrogens (tertiary/aromatic N) is 2. The molecule has 1 heterocycles. The van der Waals surface area contributed by atoms with Crippen molar-refractivity contribution in [3.05, 3.63) is 64.7 Å². The second-order valence-corrected chi connectivity index (χ2v) is 9.85. The van der Waals surface area contributed by atoms with E-state index < -0.39 is 10.0 Å². The van der Waals surface area contributed by atoms with E-state index in [9.17, 15) is 13.2 Å². The summed E-state index contributed by atoms with van der Waals surface area (Å²) < 4.78 is 27.2. The van der Waals surface area contributed by atoms with Gasteiger partial charge in [0, 0.05) is 37.1 Å². The van der Waals surface area contributed by atoms with Crippen molar-refractivity contribution < 1.29 is 13.2 Å². The average molecular weight is 435 g/mol. The number of rotatable bonds is 6. The molecule has 2 aromatic rings. The van der Waals surface area contributed by atoms with E-state index in [2.05, 4.69) is 0 Å². The van der Waals surface area contributed by atoms with Crippen molar-refractivity contribution in [3.63, 3.8) is 0 Å². The fourth-order valence-electron chi connectivity index (χ4n) is 3.66. The second-order valence-electron chi connectivity index (χ2n) is 7.47. The van der Waals surface area contributed by atoms with Crippen LogP contribution in [0.1, 0.15) is 30.9 Å². The molecule has 1 fully saturated rings. The van der Waals surface area contributed by atoms with E-state index in [-0.39, 0.29) is 11.8 Å². The molecule has 0 atom stereocenters. The summed E-state index contributed by atoms with van der Waals surface area (Å²) in [4.78, 5) is 15.1. The van der Waals surface area contributed by atoms with Crippen LogP contribution < -0.4 is 0 Å². The standard InChI is InChI=1S/C22H27ClN2O3S/c1-3-24(16-18-5-4-6-20(23)15-18)22(26)19-11-13-25(14-12-19)29(27,28)21-9-7-17(2)8-10-21/h4-10,15,19H,3,11-14,16H2,1-2H3. The van der Waals surface area contributed by atoms with Crippen LogP contribution in [-0.4, -0.2) is 43.2 Å². The molecule has 7 heteroatoms. The summed E-state index contributed by atoms with van der Waals surface area (Å²) >= 11 is 6.05. The van der Waals surface area contributed by atoms with Gasteiger partial charge in [0.05, 0.1) is 4.90 Å². The third-order valence-electron chi connectivity index (χ3n) is 5.42. The summed E-state index contributed by atoms with van der Waals surface area (Å²) in [7, 11) is -3.51. The zero-order valence-corrected chi connectivity index (χ0v) is 18.4. The van der Waals surface area contributed by atoms with Crippen molar-refractivity contribution >= 4 is 27.5 Å². The van der Waals surface area contributed by atoms with Crippen LogP contribution >= 0.6 is 11.6 Å². The first-order valence-corrected chi connectivity index (χ1v) is 11.7. The lowest BCUT2D eigenvalue weighted by Crippen LogP contribution is -2.44.